The van der Waals surface area contributed by atoms with E-state index in [2.05, 4.69) is 6.58 Å². The molecule has 0 bridgehead atoms. The van der Waals surface area contributed by atoms with Gasteiger partial charge in [-0.2, -0.15) is 0 Å². The van der Waals surface area contributed by atoms with E-state index in [-0.39, 0.29) is 0 Å². The van der Waals surface area contributed by atoms with Gasteiger partial charge in [-0.25, -0.2) is 9.59 Å². The smallest absolute Gasteiger partial charge is 0.406 e. The summed E-state index contributed by atoms with van der Waals surface area (Å²) in [5.41, 5.74) is 0. The molecular formula is C7H13NO5. The van der Waals surface area contributed by atoms with E-state index in [0.29, 0.717) is 6.42 Å². The molecule has 6 heteroatoms. The van der Waals surface area contributed by atoms with Crippen LogP contribution in [0.25, 0.3) is 0 Å². The lowest BCUT2D eigenvalue weighted by atomic mass is 10.4. The Morgan fingerprint density at radius 1 is 1.54 bits per heavy atom. The number of carbonyl (C=O) groups is 2. The van der Waals surface area contributed by atoms with Crippen LogP contribution in [-0.4, -0.2) is 33.6 Å². The maximum Gasteiger partial charge on any atom is 0.406 e. The van der Waals surface area contributed by atoms with Crippen LogP contribution in [-0.2, 0) is 4.79 Å². The summed E-state index contributed by atoms with van der Waals surface area (Å²) in [6, 6.07) is 0. The van der Waals surface area contributed by atoms with Crippen LogP contribution in [0, 0.1) is 0 Å². The molecule has 76 valence electrons. The van der Waals surface area contributed by atoms with Crippen molar-refractivity contribution in [3.63, 3.8) is 0 Å². The summed E-state index contributed by atoms with van der Waals surface area (Å²) >= 11 is 0. The van der Waals surface area contributed by atoms with Crippen molar-refractivity contribution in [1.29, 1.82) is 0 Å². The molecule has 1 atom stereocenters. The summed E-state index contributed by atoms with van der Waals surface area (Å²) in [6.07, 6.45) is -0.890. The molecule has 4 N–H and O–H groups in total. The molecule has 1 unspecified atom stereocenters. The Bertz CT molecular complexity index is 180. The van der Waals surface area contributed by atoms with Gasteiger partial charge in [-0.3, -0.25) is 5.32 Å². The van der Waals surface area contributed by atoms with E-state index in [1.54, 1.807) is 6.92 Å². The number of aliphatic carboxylic acids is 1. The molecule has 0 radical (unpaired) electrons. The molecule has 0 aromatic rings. The number of aliphatic hydroxyl groups is 1. The van der Waals surface area contributed by atoms with Gasteiger partial charge in [0.15, 0.2) is 0 Å². The first-order chi connectivity index (χ1) is 5.93. The molecule has 13 heavy (non-hydrogen) atoms. The number of rotatable bonds is 3. The fourth-order valence-electron chi connectivity index (χ4n) is 0.245. The van der Waals surface area contributed by atoms with Gasteiger partial charge in [0, 0.05) is 6.08 Å². The van der Waals surface area contributed by atoms with Gasteiger partial charge in [-0.05, 0) is 6.42 Å². The Morgan fingerprint density at radius 3 is 2.00 bits per heavy atom. The maximum absolute atomic E-state index is 9.70. The minimum atomic E-state index is -1.20. The predicted molar refractivity (Wildman–Crippen MR) is 45.3 cm³/mol. The molecule has 6 nitrogen and oxygen atoms in total. The molecule has 0 aliphatic carbocycles. The van der Waals surface area contributed by atoms with Crippen LogP contribution in [0.5, 0.6) is 0 Å². The van der Waals surface area contributed by atoms with Crippen LogP contribution in [0.15, 0.2) is 12.7 Å². The lowest BCUT2D eigenvalue weighted by Gasteiger charge is -2.04. The van der Waals surface area contributed by atoms with Crippen LogP contribution in [0.3, 0.4) is 0 Å². The highest BCUT2D eigenvalue weighted by Gasteiger charge is 2.00. The Kier molecular flexibility index (Phi) is 9.19. The minimum Gasteiger partial charge on any atom is -0.478 e. The van der Waals surface area contributed by atoms with E-state index in [9.17, 15) is 9.59 Å². The molecule has 0 aliphatic heterocycles. The first-order valence-corrected chi connectivity index (χ1v) is 3.46. The highest BCUT2D eigenvalue weighted by molar-refractivity contribution is 5.78. The van der Waals surface area contributed by atoms with Crippen LogP contribution in [0.1, 0.15) is 13.3 Å². The Hall–Kier alpha value is -1.56. The third-order valence-corrected chi connectivity index (χ3v) is 0.851. The number of carboxylic acid groups (broad SMARTS) is 2. The second kappa shape index (κ2) is 8.54. The summed E-state index contributed by atoms with van der Waals surface area (Å²) in [6.45, 7) is 4.64. The summed E-state index contributed by atoms with van der Waals surface area (Å²) < 4.78 is 0. The van der Waals surface area contributed by atoms with Gasteiger partial charge in [0.25, 0.3) is 0 Å². The van der Waals surface area contributed by atoms with Crippen molar-refractivity contribution >= 4 is 12.1 Å². The third kappa shape index (κ3) is 17.9. The van der Waals surface area contributed by atoms with E-state index in [4.69, 9.17) is 15.3 Å². The second-order valence-electron chi connectivity index (χ2n) is 1.92. The molecule has 0 aromatic heterocycles. The van der Waals surface area contributed by atoms with Crippen LogP contribution >= 0.6 is 0 Å². The molecule has 0 heterocycles. The van der Waals surface area contributed by atoms with Gasteiger partial charge in [-0.15, -0.1) is 0 Å². The van der Waals surface area contributed by atoms with Gasteiger partial charge in [0.2, 0.25) is 0 Å². The predicted octanol–water partition coefficient (Wildman–Crippen LogP) is 0.239. The molecule has 0 fully saturated rings. The van der Waals surface area contributed by atoms with Crippen LogP contribution in [0.2, 0.25) is 0 Å². The van der Waals surface area contributed by atoms with Crippen molar-refractivity contribution in [1.82, 2.24) is 5.32 Å². The van der Waals surface area contributed by atoms with Crippen LogP contribution in [0.4, 0.5) is 4.79 Å². The monoisotopic (exact) mass is 191 g/mol. The standard InChI is InChI=1S/C4H9NO3.C3H4O2/c1-2-3(6)5-4(7)8;1-2-3(4)5/h3,5-6H,2H2,1H3,(H,7,8);2H,1H2,(H,4,5). The molecule has 0 aliphatic rings. The average molecular weight is 191 g/mol. The highest BCUT2D eigenvalue weighted by Crippen LogP contribution is 1.81. The molecule has 0 aromatic carbocycles. The van der Waals surface area contributed by atoms with Crippen molar-refractivity contribution in [2.45, 2.75) is 19.6 Å². The van der Waals surface area contributed by atoms with Gasteiger partial charge >= 0.3 is 12.1 Å². The largest absolute Gasteiger partial charge is 0.478 e. The van der Waals surface area contributed by atoms with Crippen molar-refractivity contribution in [2.75, 3.05) is 0 Å². The first-order valence-electron chi connectivity index (χ1n) is 3.46. The van der Waals surface area contributed by atoms with Gasteiger partial charge in [0.1, 0.15) is 6.23 Å². The van der Waals surface area contributed by atoms with E-state index >= 15 is 0 Å². The number of hydrogen-bond donors (Lipinski definition) is 4. The van der Waals surface area contributed by atoms with Crippen molar-refractivity contribution in [2.24, 2.45) is 0 Å². The summed E-state index contributed by atoms with van der Waals surface area (Å²) in [5.74, 6) is -0.981. The number of aliphatic hydroxyl groups excluding tert-OH is 1. The van der Waals surface area contributed by atoms with E-state index < -0.39 is 18.3 Å². The molecular weight excluding hydrogens is 178 g/mol. The second-order valence-corrected chi connectivity index (χ2v) is 1.92. The quantitative estimate of drug-likeness (QED) is 0.377. The number of carboxylic acids is 1. The fourth-order valence-corrected chi connectivity index (χ4v) is 0.245. The first kappa shape index (κ1) is 14.0. The van der Waals surface area contributed by atoms with Gasteiger partial charge < -0.3 is 15.3 Å². The number of hydrogen-bond acceptors (Lipinski definition) is 3. The zero-order valence-electron chi connectivity index (χ0n) is 7.23. The molecule has 0 saturated heterocycles. The average Bonchev–Trinajstić information content (AvgIpc) is 2.04. The molecule has 1 amide bonds. The summed E-state index contributed by atoms with van der Waals surface area (Å²) in [7, 11) is 0. The highest BCUT2D eigenvalue weighted by atomic mass is 16.4. The zero-order chi connectivity index (χ0) is 10.9. The van der Waals surface area contributed by atoms with E-state index in [1.165, 1.54) is 0 Å². The lowest BCUT2D eigenvalue weighted by Crippen LogP contribution is -2.32. The molecule has 0 saturated carbocycles. The summed E-state index contributed by atoms with van der Waals surface area (Å²) in [4.78, 5) is 18.9. The van der Waals surface area contributed by atoms with Crippen molar-refractivity contribution in [3.8, 4) is 0 Å². The lowest BCUT2D eigenvalue weighted by molar-refractivity contribution is -0.131. The summed E-state index contributed by atoms with van der Waals surface area (Å²) in [5, 5.41) is 25.9. The molecule has 0 rings (SSSR count). The number of amides is 1. The fraction of sp³-hybridized carbons (Fsp3) is 0.429. The maximum atomic E-state index is 9.70. The Balaban J connectivity index is 0. The minimum absolute atomic E-state index is 0.395. The zero-order valence-corrected chi connectivity index (χ0v) is 7.23. The topological polar surface area (TPSA) is 107 Å². The van der Waals surface area contributed by atoms with E-state index in [1.807, 2.05) is 5.32 Å². The van der Waals surface area contributed by atoms with E-state index in [0.717, 1.165) is 6.08 Å². The van der Waals surface area contributed by atoms with Crippen molar-refractivity contribution in [3.05, 3.63) is 12.7 Å². The third-order valence-electron chi connectivity index (χ3n) is 0.851. The normalized spacial score (nSPS) is 10.3. The van der Waals surface area contributed by atoms with Gasteiger partial charge in [-0.1, -0.05) is 13.5 Å². The Labute approximate surface area is 75.5 Å². The van der Waals surface area contributed by atoms with Crippen molar-refractivity contribution < 1.29 is 24.9 Å². The number of nitrogens with one attached hydrogen (secondary N) is 1. The SMILES string of the molecule is C=CC(=O)O.CCC(O)NC(=O)O. The Morgan fingerprint density at radius 2 is 1.92 bits per heavy atom. The molecule has 0 spiro atoms. The van der Waals surface area contributed by atoms with Gasteiger partial charge in [0.05, 0.1) is 0 Å². The van der Waals surface area contributed by atoms with Crippen LogP contribution < -0.4 is 5.32 Å².